The Morgan fingerprint density at radius 1 is 1.21 bits per heavy atom. The van der Waals surface area contributed by atoms with E-state index in [1.807, 2.05) is 26.0 Å². The van der Waals surface area contributed by atoms with Gasteiger partial charge in [-0.15, -0.1) is 0 Å². The Morgan fingerprint density at radius 2 is 1.95 bits per heavy atom. The van der Waals surface area contributed by atoms with Gasteiger partial charge in [-0.05, 0) is 37.6 Å². The second-order valence-electron chi connectivity index (χ2n) is 4.46. The third-order valence-corrected chi connectivity index (χ3v) is 3.50. The molecular weight excluding hydrogens is 265 g/mol. The van der Waals surface area contributed by atoms with Crippen molar-refractivity contribution in [3.63, 3.8) is 0 Å². The molecular formula is C15H15ClFNO. The van der Waals surface area contributed by atoms with Gasteiger partial charge in [-0.3, -0.25) is 0 Å². The van der Waals surface area contributed by atoms with Crippen molar-refractivity contribution in [2.24, 2.45) is 0 Å². The number of hydrogen-bond acceptors (Lipinski definition) is 2. The van der Waals surface area contributed by atoms with Crippen LogP contribution in [0.15, 0.2) is 30.3 Å². The number of anilines is 1. The van der Waals surface area contributed by atoms with Gasteiger partial charge in [0.1, 0.15) is 11.6 Å². The van der Waals surface area contributed by atoms with E-state index in [-0.39, 0.29) is 18.1 Å². The molecule has 0 unspecified atom stereocenters. The second kappa shape index (κ2) is 5.49. The minimum absolute atomic E-state index is 0.254. The highest BCUT2D eigenvalue weighted by Crippen LogP contribution is 2.29. The van der Waals surface area contributed by atoms with E-state index in [0.717, 1.165) is 16.8 Å². The van der Waals surface area contributed by atoms with Crippen LogP contribution in [0.1, 0.15) is 16.7 Å². The topological polar surface area (TPSA) is 32.3 Å². The molecule has 0 saturated heterocycles. The summed E-state index contributed by atoms with van der Waals surface area (Å²) in [6, 6.07) is 8.28. The summed E-state index contributed by atoms with van der Waals surface area (Å²) in [5.74, 6) is -0.0846. The number of benzene rings is 2. The SMILES string of the molecule is Cc1ccc(NCc2c(F)cccc2Cl)c(C)c1O. The highest BCUT2D eigenvalue weighted by atomic mass is 35.5. The van der Waals surface area contributed by atoms with Crippen molar-refractivity contribution in [2.75, 3.05) is 5.32 Å². The van der Waals surface area contributed by atoms with Gasteiger partial charge in [0.15, 0.2) is 0 Å². The third kappa shape index (κ3) is 2.82. The molecule has 0 heterocycles. The van der Waals surface area contributed by atoms with Gasteiger partial charge in [-0.25, -0.2) is 4.39 Å². The van der Waals surface area contributed by atoms with Crippen LogP contribution in [-0.2, 0) is 6.54 Å². The molecule has 4 heteroatoms. The molecule has 0 fully saturated rings. The fraction of sp³-hybridized carbons (Fsp3) is 0.200. The van der Waals surface area contributed by atoms with Crippen LogP contribution in [0, 0.1) is 19.7 Å². The third-order valence-electron chi connectivity index (χ3n) is 3.15. The van der Waals surface area contributed by atoms with Gasteiger partial charge in [0.25, 0.3) is 0 Å². The minimum Gasteiger partial charge on any atom is -0.507 e. The van der Waals surface area contributed by atoms with E-state index in [4.69, 9.17) is 11.6 Å². The fourth-order valence-corrected chi connectivity index (χ4v) is 2.14. The monoisotopic (exact) mass is 279 g/mol. The second-order valence-corrected chi connectivity index (χ2v) is 4.86. The maximum atomic E-state index is 13.6. The summed E-state index contributed by atoms with van der Waals surface area (Å²) in [5, 5.41) is 13.3. The summed E-state index contributed by atoms with van der Waals surface area (Å²) in [4.78, 5) is 0. The van der Waals surface area contributed by atoms with Crippen molar-refractivity contribution < 1.29 is 9.50 Å². The van der Waals surface area contributed by atoms with Crippen molar-refractivity contribution in [1.82, 2.24) is 0 Å². The molecule has 2 rings (SSSR count). The van der Waals surface area contributed by atoms with Gasteiger partial charge >= 0.3 is 0 Å². The molecule has 100 valence electrons. The molecule has 0 aromatic heterocycles. The Kier molecular flexibility index (Phi) is 3.96. The predicted molar refractivity (Wildman–Crippen MR) is 76.3 cm³/mol. The maximum absolute atomic E-state index is 13.6. The number of rotatable bonds is 3. The largest absolute Gasteiger partial charge is 0.507 e. The lowest BCUT2D eigenvalue weighted by Gasteiger charge is -2.13. The van der Waals surface area contributed by atoms with Crippen molar-refractivity contribution in [2.45, 2.75) is 20.4 Å². The number of hydrogen-bond donors (Lipinski definition) is 2. The molecule has 0 spiro atoms. The summed E-state index contributed by atoms with van der Waals surface area (Å²) >= 11 is 5.96. The predicted octanol–water partition coefficient (Wildman–Crippen LogP) is 4.41. The van der Waals surface area contributed by atoms with Crippen LogP contribution in [0.3, 0.4) is 0 Å². The molecule has 0 saturated carbocycles. The summed E-state index contributed by atoms with van der Waals surface area (Å²) < 4.78 is 13.6. The zero-order valence-electron chi connectivity index (χ0n) is 10.8. The van der Waals surface area contributed by atoms with E-state index in [0.29, 0.717) is 10.6 Å². The van der Waals surface area contributed by atoms with Crippen LogP contribution in [-0.4, -0.2) is 5.11 Å². The van der Waals surface area contributed by atoms with Crippen molar-refractivity contribution in [3.05, 3.63) is 57.9 Å². The van der Waals surface area contributed by atoms with Crippen molar-refractivity contribution >= 4 is 17.3 Å². The molecule has 2 nitrogen and oxygen atoms in total. The normalized spacial score (nSPS) is 10.5. The first-order valence-electron chi connectivity index (χ1n) is 5.96. The number of halogens is 2. The van der Waals surface area contributed by atoms with Gasteiger partial charge in [0.05, 0.1) is 0 Å². The number of aromatic hydroxyl groups is 1. The molecule has 0 radical (unpaired) electrons. The lowest BCUT2D eigenvalue weighted by atomic mass is 10.1. The van der Waals surface area contributed by atoms with E-state index in [1.165, 1.54) is 6.07 Å². The molecule has 2 N–H and O–H groups in total. The van der Waals surface area contributed by atoms with E-state index in [9.17, 15) is 9.50 Å². The van der Waals surface area contributed by atoms with Crippen molar-refractivity contribution in [1.29, 1.82) is 0 Å². The Hall–Kier alpha value is -1.74. The standard InChI is InChI=1S/C15H15ClFNO/c1-9-6-7-14(10(2)15(9)19)18-8-11-12(16)4-3-5-13(11)17/h3-7,18-19H,8H2,1-2H3. The highest BCUT2D eigenvalue weighted by Gasteiger charge is 2.09. The first-order chi connectivity index (χ1) is 9.00. The lowest BCUT2D eigenvalue weighted by Crippen LogP contribution is -2.04. The molecule has 0 aliphatic heterocycles. The molecule has 0 aliphatic carbocycles. The molecule has 0 atom stereocenters. The average molecular weight is 280 g/mol. The number of nitrogens with one attached hydrogen (secondary N) is 1. The summed E-state index contributed by atoms with van der Waals surface area (Å²) in [5.41, 5.74) is 2.74. The molecule has 0 aliphatic rings. The molecule has 2 aromatic carbocycles. The van der Waals surface area contributed by atoms with Gasteiger partial charge in [0, 0.05) is 28.4 Å². The summed E-state index contributed by atoms with van der Waals surface area (Å²) in [6.07, 6.45) is 0. The van der Waals surface area contributed by atoms with Crippen LogP contribution in [0.2, 0.25) is 5.02 Å². The summed E-state index contributed by atoms with van der Waals surface area (Å²) in [6.45, 7) is 3.92. The zero-order chi connectivity index (χ0) is 14.0. The summed E-state index contributed by atoms with van der Waals surface area (Å²) in [7, 11) is 0. The van der Waals surface area contributed by atoms with Crippen LogP contribution in [0.4, 0.5) is 10.1 Å². The molecule has 0 amide bonds. The molecule has 2 aromatic rings. The van der Waals surface area contributed by atoms with E-state index in [1.54, 1.807) is 12.1 Å². The smallest absolute Gasteiger partial charge is 0.129 e. The Labute approximate surface area is 116 Å². The molecule has 19 heavy (non-hydrogen) atoms. The van der Waals surface area contributed by atoms with E-state index >= 15 is 0 Å². The highest BCUT2D eigenvalue weighted by molar-refractivity contribution is 6.31. The van der Waals surface area contributed by atoms with Gasteiger partial charge in [0.2, 0.25) is 0 Å². The molecule has 0 bridgehead atoms. The van der Waals surface area contributed by atoms with Crippen LogP contribution in [0.5, 0.6) is 5.75 Å². The minimum atomic E-state index is -0.339. The fourth-order valence-electron chi connectivity index (χ4n) is 1.91. The quantitative estimate of drug-likeness (QED) is 0.872. The van der Waals surface area contributed by atoms with Crippen LogP contribution >= 0.6 is 11.6 Å². The average Bonchev–Trinajstić information content (AvgIpc) is 2.38. The first kappa shape index (κ1) is 13.7. The Morgan fingerprint density at radius 3 is 2.63 bits per heavy atom. The van der Waals surface area contributed by atoms with Crippen molar-refractivity contribution in [3.8, 4) is 5.75 Å². The zero-order valence-corrected chi connectivity index (χ0v) is 11.6. The van der Waals surface area contributed by atoms with E-state index < -0.39 is 0 Å². The van der Waals surface area contributed by atoms with Gasteiger partial charge < -0.3 is 10.4 Å². The lowest BCUT2D eigenvalue weighted by molar-refractivity contribution is 0.467. The van der Waals surface area contributed by atoms with Crippen LogP contribution in [0.25, 0.3) is 0 Å². The van der Waals surface area contributed by atoms with Gasteiger partial charge in [-0.2, -0.15) is 0 Å². The first-order valence-corrected chi connectivity index (χ1v) is 6.34. The van der Waals surface area contributed by atoms with Gasteiger partial charge in [-0.1, -0.05) is 23.7 Å². The number of phenolic OH excluding ortho intramolecular Hbond substituents is 1. The van der Waals surface area contributed by atoms with E-state index in [2.05, 4.69) is 5.32 Å². The maximum Gasteiger partial charge on any atom is 0.129 e. The Bertz CT molecular complexity index is 593. The number of aryl methyl sites for hydroxylation is 1. The number of phenols is 1. The Balaban J connectivity index is 2.22. The van der Waals surface area contributed by atoms with Crippen LogP contribution < -0.4 is 5.32 Å².